The summed E-state index contributed by atoms with van der Waals surface area (Å²) in [7, 11) is -2.42. The van der Waals surface area contributed by atoms with Gasteiger partial charge in [0.1, 0.15) is 16.9 Å². The van der Waals surface area contributed by atoms with Crippen LogP contribution in [0.1, 0.15) is 10.4 Å². The molecule has 0 atom stereocenters. The molecule has 4 aromatic rings. The fourth-order valence-electron chi connectivity index (χ4n) is 2.97. The van der Waals surface area contributed by atoms with Crippen molar-refractivity contribution in [2.45, 2.75) is 4.90 Å². The SMILES string of the molecule is COc1cccc(NC(=O)c2cc3ccccc3o/c2=N\NS(=O)(=O)c2ccccc2)c1. The summed E-state index contributed by atoms with van der Waals surface area (Å²) in [6.45, 7) is 0. The Bertz CT molecular complexity index is 1450. The maximum atomic E-state index is 13.0. The van der Waals surface area contributed by atoms with Gasteiger partial charge < -0.3 is 14.5 Å². The van der Waals surface area contributed by atoms with Gasteiger partial charge in [-0.1, -0.05) is 42.5 Å². The van der Waals surface area contributed by atoms with Crippen molar-refractivity contribution < 1.29 is 22.4 Å². The Morgan fingerprint density at radius 1 is 0.938 bits per heavy atom. The van der Waals surface area contributed by atoms with Crippen LogP contribution in [0.4, 0.5) is 5.69 Å². The largest absolute Gasteiger partial charge is 0.497 e. The fourth-order valence-corrected chi connectivity index (χ4v) is 3.79. The predicted octanol–water partition coefficient (Wildman–Crippen LogP) is 3.49. The first kappa shape index (κ1) is 21.1. The van der Waals surface area contributed by atoms with Crippen LogP contribution in [-0.4, -0.2) is 21.4 Å². The van der Waals surface area contributed by atoms with E-state index in [0.717, 1.165) is 0 Å². The lowest BCUT2D eigenvalue weighted by Gasteiger charge is -2.08. The smallest absolute Gasteiger partial charge is 0.276 e. The Hall–Kier alpha value is -4.11. The minimum atomic E-state index is -3.95. The number of para-hydroxylation sites is 1. The molecule has 1 aromatic heterocycles. The van der Waals surface area contributed by atoms with E-state index in [0.29, 0.717) is 22.4 Å². The van der Waals surface area contributed by atoms with Crippen LogP contribution in [0.5, 0.6) is 5.75 Å². The van der Waals surface area contributed by atoms with Crippen molar-refractivity contribution in [3.05, 3.63) is 96.0 Å². The second-order valence-electron chi connectivity index (χ2n) is 6.71. The number of benzene rings is 3. The highest BCUT2D eigenvalue weighted by molar-refractivity contribution is 7.89. The summed E-state index contributed by atoms with van der Waals surface area (Å²) < 4.78 is 36.0. The number of nitrogens with one attached hydrogen (secondary N) is 2. The third kappa shape index (κ3) is 4.62. The summed E-state index contributed by atoms with van der Waals surface area (Å²) >= 11 is 0. The topological polar surface area (TPSA) is 110 Å². The summed E-state index contributed by atoms with van der Waals surface area (Å²) in [4.78, 5) is 15.2. The van der Waals surface area contributed by atoms with Gasteiger partial charge in [-0.3, -0.25) is 4.79 Å². The molecule has 0 spiro atoms. The van der Waals surface area contributed by atoms with Crippen molar-refractivity contribution in [3.8, 4) is 5.75 Å². The zero-order valence-electron chi connectivity index (χ0n) is 17.0. The Labute approximate surface area is 184 Å². The lowest BCUT2D eigenvalue weighted by molar-refractivity contribution is 0.102. The first-order chi connectivity index (χ1) is 15.5. The van der Waals surface area contributed by atoms with Crippen molar-refractivity contribution in [1.82, 2.24) is 4.83 Å². The first-order valence-electron chi connectivity index (χ1n) is 9.55. The number of hydrogen-bond donors (Lipinski definition) is 2. The normalized spacial score (nSPS) is 11.8. The number of anilines is 1. The molecule has 0 saturated carbocycles. The van der Waals surface area contributed by atoms with Crippen LogP contribution < -0.4 is 20.4 Å². The molecule has 8 nitrogen and oxygen atoms in total. The van der Waals surface area contributed by atoms with Gasteiger partial charge in [0.15, 0.2) is 0 Å². The van der Waals surface area contributed by atoms with Crippen LogP contribution in [0.25, 0.3) is 11.0 Å². The van der Waals surface area contributed by atoms with Crippen LogP contribution >= 0.6 is 0 Å². The average molecular weight is 449 g/mol. The zero-order chi connectivity index (χ0) is 22.6. The number of hydrogen-bond acceptors (Lipinski definition) is 6. The van der Waals surface area contributed by atoms with Crippen LogP contribution in [0.3, 0.4) is 0 Å². The van der Waals surface area contributed by atoms with Crippen molar-refractivity contribution in [3.63, 3.8) is 0 Å². The molecule has 0 bridgehead atoms. The molecule has 0 unspecified atom stereocenters. The third-order valence-corrected chi connectivity index (χ3v) is 5.77. The Morgan fingerprint density at radius 2 is 1.69 bits per heavy atom. The van der Waals surface area contributed by atoms with Crippen molar-refractivity contribution in [2.75, 3.05) is 12.4 Å². The van der Waals surface area contributed by atoms with E-state index in [1.807, 2.05) is 0 Å². The molecule has 0 radical (unpaired) electrons. The lowest BCUT2D eigenvalue weighted by atomic mass is 10.1. The summed E-state index contributed by atoms with van der Waals surface area (Å²) in [5.74, 6) is 0.0527. The molecule has 2 N–H and O–H groups in total. The minimum absolute atomic E-state index is 0.0342. The second-order valence-corrected chi connectivity index (χ2v) is 8.37. The van der Waals surface area contributed by atoms with E-state index in [1.54, 1.807) is 72.8 Å². The van der Waals surface area contributed by atoms with Gasteiger partial charge in [0, 0.05) is 17.1 Å². The maximum absolute atomic E-state index is 13.0. The molecule has 3 aromatic carbocycles. The monoisotopic (exact) mass is 449 g/mol. The predicted molar refractivity (Wildman–Crippen MR) is 119 cm³/mol. The highest BCUT2D eigenvalue weighted by atomic mass is 32.2. The number of carbonyl (C=O) groups excluding carboxylic acids is 1. The van der Waals surface area contributed by atoms with Crippen LogP contribution in [0, 0.1) is 0 Å². The first-order valence-corrected chi connectivity index (χ1v) is 11.0. The molecular weight excluding hydrogens is 430 g/mol. The van der Waals surface area contributed by atoms with E-state index in [2.05, 4.69) is 15.2 Å². The number of rotatable bonds is 6. The molecular formula is C23H19N3O5S. The summed E-state index contributed by atoms with van der Waals surface area (Å²) in [5, 5.41) is 7.32. The number of amides is 1. The standard InChI is InChI=1S/C23H19N3O5S/c1-30-18-10-7-9-17(15-18)24-22(27)20-14-16-8-5-6-13-21(16)31-23(20)25-26-32(28,29)19-11-3-2-4-12-19/h2-15,26H,1H3,(H,24,27)/b25-23-. The minimum Gasteiger partial charge on any atom is -0.497 e. The van der Waals surface area contributed by atoms with E-state index in [9.17, 15) is 13.2 Å². The molecule has 0 aliphatic rings. The van der Waals surface area contributed by atoms with E-state index in [1.165, 1.54) is 19.2 Å². The molecule has 0 aliphatic carbocycles. The molecule has 9 heteroatoms. The number of nitrogens with zero attached hydrogens (tertiary/aromatic N) is 1. The number of ether oxygens (including phenoxy) is 1. The van der Waals surface area contributed by atoms with Gasteiger partial charge in [-0.15, -0.1) is 5.10 Å². The number of sulfonamides is 1. The molecule has 0 fully saturated rings. The highest BCUT2D eigenvalue weighted by Gasteiger charge is 2.16. The van der Waals surface area contributed by atoms with Crippen LogP contribution in [-0.2, 0) is 10.0 Å². The Morgan fingerprint density at radius 3 is 2.47 bits per heavy atom. The molecule has 4 rings (SSSR count). The van der Waals surface area contributed by atoms with Gasteiger partial charge in [-0.25, -0.2) is 0 Å². The highest BCUT2D eigenvalue weighted by Crippen LogP contribution is 2.18. The van der Waals surface area contributed by atoms with E-state index in [-0.39, 0.29) is 16.0 Å². The van der Waals surface area contributed by atoms with Gasteiger partial charge in [0.05, 0.1) is 12.0 Å². The zero-order valence-corrected chi connectivity index (χ0v) is 17.8. The molecule has 0 saturated heterocycles. The van der Waals surface area contributed by atoms with Gasteiger partial charge in [-0.2, -0.15) is 13.2 Å². The molecule has 32 heavy (non-hydrogen) atoms. The fraction of sp³-hybridized carbons (Fsp3) is 0.0435. The van der Waals surface area contributed by atoms with E-state index < -0.39 is 15.9 Å². The maximum Gasteiger partial charge on any atom is 0.276 e. The average Bonchev–Trinajstić information content (AvgIpc) is 2.83. The van der Waals surface area contributed by atoms with Gasteiger partial charge in [-0.05, 0) is 36.4 Å². The molecule has 162 valence electrons. The molecule has 1 amide bonds. The molecule has 1 heterocycles. The van der Waals surface area contributed by atoms with Gasteiger partial charge in [0.2, 0.25) is 5.55 Å². The number of fused-ring (bicyclic) bond motifs is 1. The summed E-state index contributed by atoms with van der Waals surface area (Å²) in [5.41, 5.74) is 0.826. The van der Waals surface area contributed by atoms with Crippen LogP contribution in [0.2, 0.25) is 0 Å². The van der Waals surface area contributed by atoms with Crippen molar-refractivity contribution in [2.24, 2.45) is 5.10 Å². The van der Waals surface area contributed by atoms with Crippen molar-refractivity contribution in [1.29, 1.82) is 0 Å². The van der Waals surface area contributed by atoms with Crippen molar-refractivity contribution >= 4 is 32.6 Å². The summed E-state index contributed by atoms with van der Waals surface area (Å²) in [6, 6.07) is 23.2. The third-order valence-electron chi connectivity index (χ3n) is 4.55. The lowest BCUT2D eigenvalue weighted by Crippen LogP contribution is -2.27. The van der Waals surface area contributed by atoms with Gasteiger partial charge in [0.25, 0.3) is 15.9 Å². The summed E-state index contributed by atoms with van der Waals surface area (Å²) in [6.07, 6.45) is 0. The number of methoxy groups -OCH3 is 1. The quantitative estimate of drug-likeness (QED) is 0.438. The van der Waals surface area contributed by atoms with Gasteiger partial charge >= 0.3 is 0 Å². The second kappa shape index (κ2) is 8.94. The van der Waals surface area contributed by atoms with Crippen LogP contribution in [0.15, 0.2) is 99.3 Å². The van der Waals surface area contributed by atoms with E-state index in [4.69, 9.17) is 9.15 Å². The number of carbonyl (C=O) groups is 1. The Balaban J connectivity index is 1.75. The Kier molecular flexibility index (Phi) is 5.91. The molecule has 0 aliphatic heterocycles. The van der Waals surface area contributed by atoms with E-state index >= 15 is 0 Å².